The van der Waals surface area contributed by atoms with E-state index in [9.17, 15) is 0 Å². The van der Waals surface area contributed by atoms with Crippen LogP contribution in [0.4, 0.5) is 0 Å². The summed E-state index contributed by atoms with van der Waals surface area (Å²) in [6, 6.07) is 43.8. The molecule has 0 aliphatic heterocycles. The van der Waals surface area contributed by atoms with Gasteiger partial charge < -0.3 is 0 Å². The van der Waals surface area contributed by atoms with Crippen molar-refractivity contribution in [1.29, 1.82) is 0 Å². The van der Waals surface area contributed by atoms with Crippen molar-refractivity contribution in [1.82, 2.24) is 24.5 Å². The van der Waals surface area contributed by atoms with Crippen molar-refractivity contribution in [3.8, 4) is 51.2 Å². The van der Waals surface area contributed by atoms with Gasteiger partial charge in [0.25, 0.3) is 0 Å². The highest BCUT2D eigenvalue weighted by atomic mass is 15.1. The summed E-state index contributed by atoms with van der Waals surface area (Å²) in [5, 5.41) is 0. The summed E-state index contributed by atoms with van der Waals surface area (Å²) in [5.41, 5.74) is 9.46. The molecule has 0 N–H and O–H groups in total. The molecule has 2 heterocycles. The van der Waals surface area contributed by atoms with Gasteiger partial charge in [0.1, 0.15) is 5.82 Å². The van der Waals surface area contributed by atoms with E-state index in [2.05, 4.69) is 86.9 Å². The molecule has 0 fully saturated rings. The van der Waals surface area contributed by atoms with Gasteiger partial charge in [0.2, 0.25) is 0 Å². The van der Waals surface area contributed by atoms with E-state index in [0.717, 1.165) is 44.8 Å². The number of aromatic nitrogens is 5. The van der Waals surface area contributed by atoms with Crippen molar-refractivity contribution in [2.45, 2.75) is 39.5 Å². The van der Waals surface area contributed by atoms with Gasteiger partial charge in [0.05, 0.1) is 11.0 Å². The molecule has 0 aliphatic rings. The maximum absolute atomic E-state index is 5.25. The molecule has 0 radical (unpaired) electrons. The highest BCUT2D eigenvalue weighted by Gasteiger charge is 2.21. The summed E-state index contributed by atoms with van der Waals surface area (Å²) in [6.45, 7) is 9.00. The zero-order valence-corrected chi connectivity index (χ0v) is 26.0. The minimum atomic E-state index is 0.394. The molecule has 5 heteroatoms. The first kappa shape index (κ1) is 28.4. The maximum Gasteiger partial charge on any atom is 0.164 e. The highest BCUT2D eigenvalue weighted by molar-refractivity contribution is 5.87. The van der Waals surface area contributed by atoms with Crippen molar-refractivity contribution >= 4 is 11.0 Å². The third-order valence-corrected chi connectivity index (χ3v) is 8.22. The number of para-hydroxylation sites is 2. The third kappa shape index (κ3) is 5.53. The zero-order chi connectivity index (χ0) is 30.9. The summed E-state index contributed by atoms with van der Waals surface area (Å²) in [5.74, 6) is 3.51. The molecule has 0 saturated heterocycles. The normalized spacial score (nSPS) is 11.5. The van der Waals surface area contributed by atoms with E-state index in [1.54, 1.807) is 0 Å². The van der Waals surface area contributed by atoms with Crippen LogP contribution in [0.3, 0.4) is 0 Å². The van der Waals surface area contributed by atoms with Crippen LogP contribution >= 0.6 is 0 Å². The minimum absolute atomic E-state index is 0.394. The van der Waals surface area contributed by atoms with Crippen LogP contribution in [0.15, 0.2) is 127 Å². The summed E-state index contributed by atoms with van der Waals surface area (Å²) >= 11 is 0. The van der Waals surface area contributed by atoms with E-state index in [1.165, 1.54) is 11.1 Å². The van der Waals surface area contributed by atoms with Gasteiger partial charge >= 0.3 is 0 Å². The number of hydrogen-bond acceptors (Lipinski definition) is 4. The second kappa shape index (κ2) is 11.9. The standard InChI is InChI=1S/C40H35N5/c1-26(2)30-23-31(27(3)4)25-32(24-30)45-36-22-14-13-21-35(36)41-40(45)34-20-12-11-19-33(34)39-43-37(28-15-7-5-8-16-28)42-38(44-39)29-17-9-6-10-18-29/h5-27H,1-4H3. The summed E-state index contributed by atoms with van der Waals surface area (Å²) in [7, 11) is 0. The first-order valence-electron chi connectivity index (χ1n) is 15.6. The lowest BCUT2D eigenvalue weighted by Crippen LogP contribution is -2.04. The van der Waals surface area contributed by atoms with E-state index >= 15 is 0 Å². The second-order valence-corrected chi connectivity index (χ2v) is 12.0. The number of rotatable bonds is 7. The lowest BCUT2D eigenvalue weighted by molar-refractivity contribution is 0.829. The molecule has 0 spiro atoms. The van der Waals surface area contributed by atoms with Crippen LogP contribution < -0.4 is 0 Å². The summed E-state index contributed by atoms with van der Waals surface area (Å²) in [4.78, 5) is 20.3. The van der Waals surface area contributed by atoms with Crippen LogP contribution in [0.5, 0.6) is 0 Å². The third-order valence-electron chi connectivity index (χ3n) is 8.22. The van der Waals surface area contributed by atoms with Crippen LogP contribution in [-0.4, -0.2) is 24.5 Å². The minimum Gasteiger partial charge on any atom is -0.292 e. The average molecular weight is 586 g/mol. The van der Waals surface area contributed by atoms with Crippen LogP contribution in [0.1, 0.15) is 50.7 Å². The van der Waals surface area contributed by atoms with Gasteiger partial charge in [-0.3, -0.25) is 4.57 Å². The van der Waals surface area contributed by atoms with Gasteiger partial charge in [-0.15, -0.1) is 0 Å². The lowest BCUT2D eigenvalue weighted by Gasteiger charge is -2.18. The fourth-order valence-electron chi connectivity index (χ4n) is 5.72. The molecule has 0 aliphatic carbocycles. The summed E-state index contributed by atoms with van der Waals surface area (Å²) in [6.07, 6.45) is 0. The monoisotopic (exact) mass is 585 g/mol. The SMILES string of the molecule is CC(C)c1cc(C(C)C)cc(-n2c(-c3ccccc3-c3nc(-c4ccccc4)nc(-c4ccccc4)n3)nc3ccccc32)c1. The fourth-order valence-corrected chi connectivity index (χ4v) is 5.72. The van der Waals surface area contributed by atoms with Crippen molar-refractivity contribution in [2.24, 2.45) is 0 Å². The Morgan fingerprint density at radius 2 is 0.956 bits per heavy atom. The Labute approximate surface area is 264 Å². The van der Waals surface area contributed by atoms with Gasteiger partial charge in [0, 0.05) is 27.9 Å². The van der Waals surface area contributed by atoms with E-state index in [-0.39, 0.29) is 0 Å². The number of fused-ring (bicyclic) bond motifs is 1. The van der Waals surface area contributed by atoms with Gasteiger partial charge in [-0.05, 0) is 47.2 Å². The smallest absolute Gasteiger partial charge is 0.164 e. The number of benzene rings is 5. The van der Waals surface area contributed by atoms with Crippen LogP contribution in [0.25, 0.3) is 62.3 Å². The topological polar surface area (TPSA) is 56.5 Å². The molecule has 7 rings (SSSR count). The Morgan fingerprint density at radius 3 is 1.53 bits per heavy atom. The van der Waals surface area contributed by atoms with E-state index in [0.29, 0.717) is 29.3 Å². The molecule has 7 aromatic rings. The first-order valence-corrected chi connectivity index (χ1v) is 15.6. The van der Waals surface area contributed by atoms with Crippen LogP contribution in [-0.2, 0) is 0 Å². The summed E-state index contributed by atoms with van der Waals surface area (Å²) < 4.78 is 2.29. The molecular formula is C40H35N5. The second-order valence-electron chi connectivity index (χ2n) is 12.0. The van der Waals surface area contributed by atoms with Crippen molar-refractivity contribution in [3.63, 3.8) is 0 Å². The Morgan fingerprint density at radius 1 is 0.467 bits per heavy atom. The van der Waals surface area contributed by atoms with Crippen LogP contribution in [0.2, 0.25) is 0 Å². The predicted octanol–water partition coefficient (Wildman–Crippen LogP) is 10.1. The molecule has 0 atom stereocenters. The fraction of sp³-hybridized carbons (Fsp3) is 0.150. The highest BCUT2D eigenvalue weighted by Crippen LogP contribution is 2.37. The number of imidazole rings is 1. The quantitative estimate of drug-likeness (QED) is 0.187. The van der Waals surface area contributed by atoms with Gasteiger partial charge in [-0.25, -0.2) is 19.9 Å². The Hall–Kier alpha value is -5.42. The Balaban J connectivity index is 1.49. The number of hydrogen-bond donors (Lipinski definition) is 0. The maximum atomic E-state index is 5.25. The lowest BCUT2D eigenvalue weighted by atomic mass is 9.94. The zero-order valence-electron chi connectivity index (χ0n) is 26.0. The van der Waals surface area contributed by atoms with E-state index < -0.39 is 0 Å². The van der Waals surface area contributed by atoms with E-state index in [1.807, 2.05) is 72.8 Å². The molecule has 0 saturated carbocycles. The molecule has 220 valence electrons. The van der Waals surface area contributed by atoms with Gasteiger partial charge in [-0.2, -0.15) is 0 Å². The molecule has 45 heavy (non-hydrogen) atoms. The van der Waals surface area contributed by atoms with Gasteiger partial charge in [-0.1, -0.05) is 131 Å². The number of nitrogens with zero attached hydrogens (tertiary/aromatic N) is 5. The van der Waals surface area contributed by atoms with Crippen LogP contribution in [0, 0.1) is 0 Å². The van der Waals surface area contributed by atoms with Crippen molar-refractivity contribution in [3.05, 3.63) is 139 Å². The molecule has 2 aromatic heterocycles. The van der Waals surface area contributed by atoms with E-state index in [4.69, 9.17) is 19.9 Å². The molecule has 5 nitrogen and oxygen atoms in total. The molecule has 0 amide bonds. The van der Waals surface area contributed by atoms with Crippen molar-refractivity contribution < 1.29 is 0 Å². The largest absolute Gasteiger partial charge is 0.292 e. The predicted molar refractivity (Wildman–Crippen MR) is 184 cm³/mol. The molecule has 0 unspecified atom stereocenters. The van der Waals surface area contributed by atoms with Crippen molar-refractivity contribution in [2.75, 3.05) is 0 Å². The Bertz CT molecular complexity index is 2030. The Kier molecular flexibility index (Phi) is 7.52. The molecule has 0 bridgehead atoms. The molecular weight excluding hydrogens is 550 g/mol. The molecule has 5 aromatic carbocycles. The average Bonchev–Trinajstić information content (AvgIpc) is 3.48. The first-order chi connectivity index (χ1) is 22.0. The van der Waals surface area contributed by atoms with Gasteiger partial charge in [0.15, 0.2) is 17.5 Å².